The number of hydrogen-bond donors (Lipinski definition) is 2. The molecule has 10 nitrogen and oxygen atoms in total. The summed E-state index contributed by atoms with van der Waals surface area (Å²) in [6.45, 7) is 1.04. The van der Waals surface area contributed by atoms with E-state index in [0.717, 1.165) is 31.2 Å². The van der Waals surface area contributed by atoms with Crippen LogP contribution in [0, 0.1) is 5.92 Å². The lowest BCUT2D eigenvalue weighted by atomic mass is 10.1. The van der Waals surface area contributed by atoms with Crippen LogP contribution in [0.4, 0.5) is 11.5 Å². The molecule has 2 amide bonds. The number of nitrogens with one attached hydrogen (secondary N) is 1. The number of ether oxygens (including phenoxy) is 1. The number of carbonyl (C=O) groups excluding carboxylic acids is 2. The van der Waals surface area contributed by atoms with Crippen molar-refractivity contribution in [3.63, 3.8) is 0 Å². The van der Waals surface area contributed by atoms with E-state index in [9.17, 15) is 19.2 Å². The van der Waals surface area contributed by atoms with E-state index in [2.05, 4.69) is 4.98 Å². The summed E-state index contributed by atoms with van der Waals surface area (Å²) in [4.78, 5) is 57.5. The highest BCUT2D eigenvalue weighted by Crippen LogP contribution is 2.31. The summed E-state index contributed by atoms with van der Waals surface area (Å²) < 4.78 is 6.40. The average Bonchev–Trinajstić information content (AvgIpc) is 3.50. The molecule has 1 saturated carbocycles. The molecule has 2 aromatic rings. The number of benzene rings is 1. The summed E-state index contributed by atoms with van der Waals surface area (Å²) in [6, 6.07) is 9.43. The van der Waals surface area contributed by atoms with E-state index in [4.69, 9.17) is 10.5 Å². The van der Waals surface area contributed by atoms with Gasteiger partial charge in [-0.1, -0.05) is 43.2 Å². The smallest absolute Gasteiger partial charge is 0.330 e. The highest BCUT2D eigenvalue weighted by atomic mass is 16.5. The van der Waals surface area contributed by atoms with Gasteiger partial charge in [-0.15, -0.1) is 0 Å². The zero-order valence-electron chi connectivity index (χ0n) is 20.1. The molecule has 4 rings (SSSR count). The van der Waals surface area contributed by atoms with E-state index in [1.54, 1.807) is 7.11 Å². The Morgan fingerprint density at radius 1 is 1.17 bits per heavy atom. The van der Waals surface area contributed by atoms with Crippen LogP contribution in [0.2, 0.25) is 0 Å². The number of rotatable bonds is 9. The van der Waals surface area contributed by atoms with Crippen molar-refractivity contribution in [3.8, 4) is 0 Å². The van der Waals surface area contributed by atoms with E-state index < -0.39 is 17.2 Å². The van der Waals surface area contributed by atoms with Crippen LogP contribution < -0.4 is 21.9 Å². The summed E-state index contributed by atoms with van der Waals surface area (Å²) >= 11 is 0. The second kappa shape index (κ2) is 10.9. The van der Waals surface area contributed by atoms with E-state index in [1.807, 2.05) is 35.2 Å². The summed E-state index contributed by atoms with van der Waals surface area (Å²) in [7, 11) is 1.56. The first-order valence-electron chi connectivity index (χ1n) is 12.2. The highest BCUT2D eigenvalue weighted by molar-refractivity contribution is 6.00. The van der Waals surface area contributed by atoms with Gasteiger partial charge in [0.15, 0.2) is 5.69 Å². The molecule has 1 atom stereocenters. The first-order valence-corrected chi connectivity index (χ1v) is 12.2. The van der Waals surface area contributed by atoms with Crippen molar-refractivity contribution in [2.75, 3.05) is 37.4 Å². The zero-order chi connectivity index (χ0) is 24.9. The van der Waals surface area contributed by atoms with Gasteiger partial charge in [-0.2, -0.15) is 0 Å². The average molecular weight is 484 g/mol. The molecule has 1 aromatic carbocycles. The van der Waals surface area contributed by atoms with Crippen LogP contribution in [0.1, 0.15) is 44.1 Å². The molecule has 1 saturated heterocycles. The van der Waals surface area contributed by atoms with Crippen molar-refractivity contribution in [1.82, 2.24) is 14.5 Å². The quantitative estimate of drug-likeness (QED) is 0.518. The van der Waals surface area contributed by atoms with Gasteiger partial charge in [0.1, 0.15) is 5.82 Å². The summed E-state index contributed by atoms with van der Waals surface area (Å²) in [5.74, 6) is -1.01. The van der Waals surface area contributed by atoms with Gasteiger partial charge in [-0.25, -0.2) is 4.79 Å². The van der Waals surface area contributed by atoms with Gasteiger partial charge >= 0.3 is 5.69 Å². The van der Waals surface area contributed by atoms with Crippen LogP contribution >= 0.6 is 0 Å². The third-order valence-corrected chi connectivity index (χ3v) is 6.94. The SMILES string of the molecule is COCCCN(C(=O)C1CC(=O)N(C2CCCC2)C1)c1c(N)n(Cc2ccccc2)c(=O)[nH]c1=O. The first-order chi connectivity index (χ1) is 16.9. The van der Waals surface area contributed by atoms with E-state index >= 15 is 0 Å². The number of aromatic nitrogens is 2. The zero-order valence-corrected chi connectivity index (χ0v) is 20.1. The number of likely N-dealkylation sites (tertiary alicyclic amines) is 1. The van der Waals surface area contributed by atoms with Crippen LogP contribution in [0.5, 0.6) is 0 Å². The first kappa shape index (κ1) is 24.7. The Morgan fingerprint density at radius 3 is 2.57 bits per heavy atom. The predicted molar refractivity (Wildman–Crippen MR) is 132 cm³/mol. The standard InChI is InChI=1S/C25H33N5O5/c1-35-13-7-12-28(24(33)18-14-20(31)29(16-18)19-10-5-6-11-19)21-22(26)30(25(34)27-23(21)32)15-17-8-3-2-4-9-17/h2-4,8-9,18-19H,5-7,10-16,26H2,1H3,(H,27,32,34). The molecule has 0 bridgehead atoms. The Balaban J connectivity index is 1.66. The molecule has 2 heterocycles. The number of amides is 2. The number of anilines is 2. The summed E-state index contributed by atoms with van der Waals surface area (Å²) in [5, 5.41) is 0. The van der Waals surface area contributed by atoms with Crippen molar-refractivity contribution < 1.29 is 14.3 Å². The molecule has 2 fully saturated rings. The van der Waals surface area contributed by atoms with Crippen molar-refractivity contribution in [3.05, 3.63) is 56.7 Å². The van der Waals surface area contributed by atoms with Gasteiger partial charge in [-0.05, 0) is 24.8 Å². The lowest BCUT2D eigenvalue weighted by molar-refractivity contribution is -0.130. The number of carbonyl (C=O) groups is 2. The van der Waals surface area contributed by atoms with E-state index in [-0.39, 0.29) is 48.9 Å². The maximum Gasteiger partial charge on any atom is 0.330 e. The predicted octanol–water partition coefficient (Wildman–Crippen LogP) is 1.33. The summed E-state index contributed by atoms with van der Waals surface area (Å²) in [6.07, 6.45) is 4.67. The normalized spacial score (nSPS) is 18.4. The second-order valence-corrected chi connectivity index (χ2v) is 9.29. The molecule has 3 N–H and O–H groups in total. The fourth-order valence-electron chi connectivity index (χ4n) is 5.15. The van der Waals surface area contributed by atoms with Crippen molar-refractivity contribution in [2.45, 2.75) is 51.1 Å². The lowest BCUT2D eigenvalue weighted by Crippen LogP contribution is -2.45. The van der Waals surface area contributed by atoms with Gasteiger partial charge in [0, 0.05) is 39.3 Å². The minimum atomic E-state index is -0.723. The molecule has 1 aromatic heterocycles. The van der Waals surface area contributed by atoms with Gasteiger partial charge in [-0.3, -0.25) is 23.9 Å². The number of H-pyrrole nitrogens is 1. The monoisotopic (exact) mass is 483 g/mol. The molecular formula is C25H33N5O5. The van der Waals surface area contributed by atoms with Crippen LogP contribution in [-0.2, 0) is 20.9 Å². The van der Waals surface area contributed by atoms with Crippen molar-refractivity contribution in [2.24, 2.45) is 5.92 Å². The van der Waals surface area contributed by atoms with E-state index in [1.165, 1.54) is 9.47 Å². The maximum atomic E-state index is 13.7. The Morgan fingerprint density at radius 2 is 1.89 bits per heavy atom. The van der Waals surface area contributed by atoms with Crippen molar-refractivity contribution in [1.29, 1.82) is 0 Å². The van der Waals surface area contributed by atoms with Gasteiger partial charge in [0.2, 0.25) is 11.8 Å². The molecule has 1 unspecified atom stereocenters. The Hall–Kier alpha value is -3.40. The minimum absolute atomic E-state index is 0.0250. The Bertz CT molecular complexity index is 1170. The third kappa shape index (κ3) is 5.32. The molecule has 188 valence electrons. The number of aromatic amines is 1. The molecule has 0 spiro atoms. The molecule has 1 aliphatic carbocycles. The minimum Gasteiger partial charge on any atom is -0.385 e. The Labute approximate surface area is 203 Å². The fourth-order valence-corrected chi connectivity index (χ4v) is 5.15. The molecule has 1 aliphatic heterocycles. The van der Waals surface area contributed by atoms with E-state index in [0.29, 0.717) is 19.6 Å². The number of methoxy groups -OCH3 is 1. The molecular weight excluding hydrogens is 450 g/mol. The number of nitrogens with two attached hydrogens (primary N) is 1. The largest absolute Gasteiger partial charge is 0.385 e. The number of nitrogens with zero attached hydrogens (tertiary/aromatic N) is 3. The number of nitrogen functional groups attached to an aromatic ring is 1. The van der Waals surface area contributed by atoms with Crippen LogP contribution in [0.25, 0.3) is 0 Å². The third-order valence-electron chi connectivity index (χ3n) is 6.94. The van der Waals surface area contributed by atoms with Crippen LogP contribution in [0.3, 0.4) is 0 Å². The van der Waals surface area contributed by atoms with Crippen LogP contribution in [-0.4, -0.2) is 59.1 Å². The highest BCUT2D eigenvalue weighted by Gasteiger charge is 2.41. The van der Waals surface area contributed by atoms with Crippen molar-refractivity contribution >= 4 is 23.3 Å². The van der Waals surface area contributed by atoms with Gasteiger partial charge < -0.3 is 20.3 Å². The fraction of sp³-hybridized carbons (Fsp3) is 0.520. The van der Waals surface area contributed by atoms with Gasteiger partial charge in [0.05, 0.1) is 12.5 Å². The van der Waals surface area contributed by atoms with Crippen LogP contribution in [0.15, 0.2) is 39.9 Å². The second-order valence-electron chi connectivity index (χ2n) is 9.29. The molecule has 35 heavy (non-hydrogen) atoms. The lowest BCUT2D eigenvalue weighted by Gasteiger charge is -2.28. The molecule has 2 aliphatic rings. The topological polar surface area (TPSA) is 131 Å². The maximum absolute atomic E-state index is 13.7. The number of hydrogen-bond acceptors (Lipinski definition) is 6. The van der Waals surface area contributed by atoms with Gasteiger partial charge in [0.25, 0.3) is 5.56 Å². The Kier molecular flexibility index (Phi) is 7.70. The summed E-state index contributed by atoms with van der Waals surface area (Å²) in [5.41, 5.74) is 5.76. The molecule has 0 radical (unpaired) electrons. The molecule has 10 heteroatoms.